The highest BCUT2D eigenvalue weighted by molar-refractivity contribution is 5.79. The van der Waals surface area contributed by atoms with Crippen LogP contribution in [0.2, 0.25) is 0 Å². The third kappa shape index (κ3) is 3.77. The van der Waals surface area contributed by atoms with Gasteiger partial charge in [0.2, 0.25) is 5.91 Å². The molecule has 1 aliphatic heterocycles. The van der Waals surface area contributed by atoms with Crippen LogP contribution >= 0.6 is 0 Å². The van der Waals surface area contributed by atoms with Crippen LogP contribution in [0.1, 0.15) is 30.5 Å². The Morgan fingerprint density at radius 3 is 2.68 bits per heavy atom. The van der Waals surface area contributed by atoms with Crippen molar-refractivity contribution < 1.29 is 4.79 Å². The van der Waals surface area contributed by atoms with Crippen LogP contribution in [-0.2, 0) is 11.2 Å². The SMILES string of the molecule is Cc1ccc(CC(CN)C(=O)N2CCCCC2)cn1. The second-order valence-electron chi connectivity index (χ2n) is 5.33. The second-order valence-corrected chi connectivity index (χ2v) is 5.33. The van der Waals surface area contributed by atoms with E-state index >= 15 is 0 Å². The van der Waals surface area contributed by atoms with Gasteiger partial charge in [0.15, 0.2) is 0 Å². The van der Waals surface area contributed by atoms with E-state index in [1.54, 1.807) is 0 Å². The van der Waals surface area contributed by atoms with Crippen LogP contribution < -0.4 is 5.73 Å². The van der Waals surface area contributed by atoms with Gasteiger partial charge >= 0.3 is 0 Å². The molecule has 1 aromatic rings. The van der Waals surface area contributed by atoms with Gasteiger partial charge in [-0.05, 0) is 44.2 Å². The Kier molecular flexibility index (Phi) is 4.91. The normalized spacial score (nSPS) is 17.3. The highest BCUT2D eigenvalue weighted by Crippen LogP contribution is 2.15. The van der Waals surface area contributed by atoms with Gasteiger partial charge in [-0.2, -0.15) is 0 Å². The summed E-state index contributed by atoms with van der Waals surface area (Å²) in [7, 11) is 0. The monoisotopic (exact) mass is 261 g/mol. The number of aryl methyl sites for hydroxylation is 1. The molecule has 2 N–H and O–H groups in total. The Labute approximate surface area is 115 Å². The van der Waals surface area contributed by atoms with Gasteiger partial charge in [-0.3, -0.25) is 9.78 Å². The first-order chi connectivity index (χ1) is 9.20. The summed E-state index contributed by atoms with van der Waals surface area (Å²) in [5.74, 6) is 0.102. The summed E-state index contributed by atoms with van der Waals surface area (Å²) in [6.45, 7) is 4.15. The van der Waals surface area contributed by atoms with E-state index in [1.807, 2.05) is 30.2 Å². The summed E-state index contributed by atoms with van der Waals surface area (Å²) in [6.07, 6.45) is 6.02. The number of amides is 1. The largest absolute Gasteiger partial charge is 0.342 e. The number of piperidine rings is 1. The molecule has 0 bridgehead atoms. The predicted octanol–water partition coefficient (Wildman–Crippen LogP) is 1.52. The lowest BCUT2D eigenvalue weighted by Crippen LogP contribution is -2.42. The minimum atomic E-state index is -0.109. The lowest BCUT2D eigenvalue weighted by Gasteiger charge is -2.30. The van der Waals surface area contributed by atoms with E-state index in [1.165, 1.54) is 6.42 Å². The Balaban J connectivity index is 1.98. The van der Waals surface area contributed by atoms with Gasteiger partial charge < -0.3 is 10.6 Å². The number of hydrogen-bond donors (Lipinski definition) is 1. The molecule has 2 heterocycles. The number of hydrogen-bond acceptors (Lipinski definition) is 3. The molecule has 1 aliphatic rings. The Morgan fingerprint density at radius 1 is 1.37 bits per heavy atom. The lowest BCUT2D eigenvalue weighted by atomic mass is 9.97. The number of likely N-dealkylation sites (tertiary alicyclic amines) is 1. The Hall–Kier alpha value is -1.42. The van der Waals surface area contributed by atoms with E-state index in [2.05, 4.69) is 4.98 Å². The summed E-state index contributed by atoms with van der Waals surface area (Å²) in [5, 5.41) is 0. The van der Waals surface area contributed by atoms with Crippen molar-refractivity contribution in [2.75, 3.05) is 19.6 Å². The quantitative estimate of drug-likeness (QED) is 0.894. The van der Waals surface area contributed by atoms with E-state index in [0.29, 0.717) is 13.0 Å². The molecule has 1 unspecified atom stereocenters. The van der Waals surface area contributed by atoms with Gasteiger partial charge in [-0.15, -0.1) is 0 Å². The van der Waals surface area contributed by atoms with Crippen LogP contribution in [0.15, 0.2) is 18.3 Å². The van der Waals surface area contributed by atoms with Gasteiger partial charge in [-0.1, -0.05) is 6.07 Å². The smallest absolute Gasteiger partial charge is 0.227 e. The molecular formula is C15H23N3O. The molecule has 0 radical (unpaired) electrons. The first-order valence-electron chi connectivity index (χ1n) is 7.11. The molecule has 0 aromatic carbocycles. The number of pyridine rings is 1. The molecule has 1 atom stereocenters. The molecule has 104 valence electrons. The van der Waals surface area contributed by atoms with Crippen LogP contribution in [0.3, 0.4) is 0 Å². The van der Waals surface area contributed by atoms with Gasteiger partial charge in [-0.25, -0.2) is 0 Å². The maximum Gasteiger partial charge on any atom is 0.227 e. The van der Waals surface area contributed by atoms with E-state index in [0.717, 1.165) is 37.2 Å². The van der Waals surface area contributed by atoms with Crippen molar-refractivity contribution in [2.24, 2.45) is 11.7 Å². The number of carbonyl (C=O) groups excluding carboxylic acids is 1. The lowest BCUT2D eigenvalue weighted by molar-refractivity contribution is -0.136. The average Bonchev–Trinajstić information content (AvgIpc) is 2.47. The first kappa shape index (κ1) is 14.0. The molecule has 4 heteroatoms. The molecule has 1 saturated heterocycles. The third-order valence-electron chi connectivity index (χ3n) is 3.76. The highest BCUT2D eigenvalue weighted by atomic mass is 16.2. The van der Waals surface area contributed by atoms with E-state index in [4.69, 9.17) is 5.73 Å². The summed E-state index contributed by atoms with van der Waals surface area (Å²) in [4.78, 5) is 18.7. The van der Waals surface area contributed by atoms with Crippen LogP contribution in [0.5, 0.6) is 0 Å². The molecule has 19 heavy (non-hydrogen) atoms. The van der Waals surface area contributed by atoms with Crippen LogP contribution in [0.4, 0.5) is 0 Å². The van der Waals surface area contributed by atoms with Crippen molar-refractivity contribution in [3.8, 4) is 0 Å². The van der Waals surface area contributed by atoms with Crippen LogP contribution in [-0.4, -0.2) is 35.4 Å². The molecule has 0 saturated carbocycles. The maximum atomic E-state index is 12.4. The van der Waals surface area contributed by atoms with Gasteiger partial charge in [0.05, 0.1) is 5.92 Å². The number of nitrogens with two attached hydrogens (primary N) is 1. The minimum absolute atomic E-state index is 0.109. The average molecular weight is 261 g/mol. The molecule has 0 aliphatic carbocycles. The second kappa shape index (κ2) is 6.66. The molecule has 4 nitrogen and oxygen atoms in total. The zero-order valence-corrected chi connectivity index (χ0v) is 11.6. The fourth-order valence-electron chi connectivity index (χ4n) is 2.55. The summed E-state index contributed by atoms with van der Waals surface area (Å²) < 4.78 is 0. The Morgan fingerprint density at radius 2 is 2.11 bits per heavy atom. The van der Waals surface area contributed by atoms with Crippen molar-refractivity contribution in [3.63, 3.8) is 0 Å². The topological polar surface area (TPSA) is 59.2 Å². The summed E-state index contributed by atoms with van der Waals surface area (Å²) >= 11 is 0. The van der Waals surface area contributed by atoms with Crippen molar-refractivity contribution in [3.05, 3.63) is 29.6 Å². The predicted molar refractivity (Wildman–Crippen MR) is 75.7 cm³/mol. The maximum absolute atomic E-state index is 12.4. The van der Waals surface area contributed by atoms with Crippen LogP contribution in [0.25, 0.3) is 0 Å². The molecule has 2 rings (SSSR count). The highest BCUT2D eigenvalue weighted by Gasteiger charge is 2.24. The standard InChI is InChI=1S/C15H23N3O/c1-12-5-6-13(11-17-12)9-14(10-16)15(19)18-7-3-2-4-8-18/h5-6,11,14H,2-4,7-10,16H2,1H3. The number of rotatable bonds is 4. The van der Waals surface area contributed by atoms with E-state index < -0.39 is 0 Å². The van der Waals surface area contributed by atoms with Crippen molar-refractivity contribution in [2.45, 2.75) is 32.6 Å². The minimum Gasteiger partial charge on any atom is -0.342 e. The van der Waals surface area contributed by atoms with E-state index in [-0.39, 0.29) is 11.8 Å². The number of nitrogens with zero attached hydrogens (tertiary/aromatic N) is 2. The van der Waals surface area contributed by atoms with Crippen molar-refractivity contribution in [1.82, 2.24) is 9.88 Å². The Bertz CT molecular complexity index is 410. The van der Waals surface area contributed by atoms with Gasteiger partial charge in [0.1, 0.15) is 0 Å². The van der Waals surface area contributed by atoms with Crippen molar-refractivity contribution >= 4 is 5.91 Å². The summed E-state index contributed by atoms with van der Waals surface area (Å²) in [5.41, 5.74) is 7.88. The number of carbonyl (C=O) groups is 1. The zero-order chi connectivity index (χ0) is 13.7. The van der Waals surface area contributed by atoms with Crippen LogP contribution in [0, 0.1) is 12.8 Å². The number of aromatic nitrogens is 1. The molecular weight excluding hydrogens is 238 g/mol. The molecule has 0 spiro atoms. The first-order valence-corrected chi connectivity index (χ1v) is 7.11. The third-order valence-corrected chi connectivity index (χ3v) is 3.76. The fraction of sp³-hybridized carbons (Fsp3) is 0.600. The summed E-state index contributed by atoms with van der Waals surface area (Å²) in [6, 6.07) is 4.02. The zero-order valence-electron chi connectivity index (χ0n) is 11.6. The van der Waals surface area contributed by atoms with Crippen molar-refractivity contribution in [1.29, 1.82) is 0 Å². The van der Waals surface area contributed by atoms with Gasteiger partial charge in [0, 0.05) is 31.5 Å². The molecule has 1 amide bonds. The van der Waals surface area contributed by atoms with Gasteiger partial charge in [0.25, 0.3) is 0 Å². The van der Waals surface area contributed by atoms with E-state index in [9.17, 15) is 4.79 Å². The fourth-order valence-corrected chi connectivity index (χ4v) is 2.55. The molecule has 1 aromatic heterocycles. The molecule has 1 fully saturated rings.